The number of likely N-dealkylation sites (N-methyl/N-ethyl adjacent to an activating group) is 2. The van der Waals surface area contributed by atoms with Crippen LogP contribution in [0.1, 0.15) is 26.2 Å². The number of hydrogen-bond acceptors (Lipinski definition) is 4. The number of carbonyl (C=O) groups excluding carboxylic acids is 1. The van der Waals surface area contributed by atoms with Gasteiger partial charge in [-0.3, -0.25) is 4.90 Å². The van der Waals surface area contributed by atoms with Crippen LogP contribution >= 0.6 is 11.8 Å². The molecule has 0 aromatic rings. The van der Waals surface area contributed by atoms with Crippen LogP contribution in [0.4, 0.5) is 4.79 Å². The summed E-state index contributed by atoms with van der Waals surface area (Å²) in [6, 6.07) is -0.885. The number of carboxylic acid groups (broad SMARTS) is 1. The molecule has 120 valence electrons. The summed E-state index contributed by atoms with van der Waals surface area (Å²) < 4.78 is 0. The average Bonchev–Trinajstić information content (AvgIpc) is 2.74. The highest BCUT2D eigenvalue weighted by Crippen LogP contribution is 2.37. The number of carboxylic acids is 1. The Morgan fingerprint density at radius 2 is 1.95 bits per heavy atom. The van der Waals surface area contributed by atoms with Gasteiger partial charge in [0.25, 0.3) is 0 Å². The molecular formula is C14H25N3O3S. The number of carbonyl (C=O) groups is 2. The van der Waals surface area contributed by atoms with Crippen molar-refractivity contribution in [2.45, 2.75) is 43.1 Å². The zero-order chi connectivity index (χ0) is 15.8. The monoisotopic (exact) mass is 315 g/mol. The standard InChI is InChI=1S/C14H25N3O3S/c1-10-17(11(8-21-10)12(18)19)13(20)16(4)9-14(15(2)3)6-5-7-14/h10-11H,5-9H2,1-4H3,(H,18,19). The van der Waals surface area contributed by atoms with Gasteiger partial charge in [-0.05, 0) is 40.3 Å². The molecule has 1 aliphatic carbocycles. The predicted molar refractivity (Wildman–Crippen MR) is 83.5 cm³/mol. The van der Waals surface area contributed by atoms with Gasteiger partial charge in [0.15, 0.2) is 0 Å². The van der Waals surface area contributed by atoms with Crippen LogP contribution in [-0.4, -0.2) is 82.2 Å². The maximum Gasteiger partial charge on any atom is 0.327 e. The van der Waals surface area contributed by atoms with E-state index in [1.807, 2.05) is 21.0 Å². The number of aliphatic carboxylic acids is 1. The summed E-state index contributed by atoms with van der Waals surface area (Å²) in [5.74, 6) is -0.450. The van der Waals surface area contributed by atoms with E-state index in [1.54, 1.807) is 11.9 Å². The van der Waals surface area contributed by atoms with Crippen molar-refractivity contribution in [3.63, 3.8) is 0 Å². The first-order valence-corrected chi connectivity index (χ1v) is 8.39. The molecule has 0 bridgehead atoms. The Hall–Kier alpha value is -0.950. The van der Waals surface area contributed by atoms with Crippen LogP contribution < -0.4 is 0 Å². The Labute approximate surface area is 130 Å². The largest absolute Gasteiger partial charge is 0.480 e. The van der Waals surface area contributed by atoms with Gasteiger partial charge in [-0.15, -0.1) is 11.8 Å². The normalized spacial score (nSPS) is 27.6. The van der Waals surface area contributed by atoms with E-state index < -0.39 is 12.0 Å². The Morgan fingerprint density at radius 1 is 1.33 bits per heavy atom. The molecular weight excluding hydrogens is 290 g/mol. The lowest BCUT2D eigenvalue weighted by molar-refractivity contribution is -0.141. The molecule has 1 aliphatic heterocycles. The molecule has 2 atom stereocenters. The van der Waals surface area contributed by atoms with E-state index in [2.05, 4.69) is 4.90 Å². The highest BCUT2D eigenvalue weighted by Gasteiger charge is 2.44. The van der Waals surface area contributed by atoms with E-state index in [4.69, 9.17) is 0 Å². The van der Waals surface area contributed by atoms with Crippen LogP contribution in [0, 0.1) is 0 Å². The number of hydrogen-bond donors (Lipinski definition) is 1. The molecule has 2 amide bonds. The summed E-state index contributed by atoms with van der Waals surface area (Å²) in [7, 11) is 5.87. The zero-order valence-corrected chi connectivity index (χ0v) is 14.0. The SMILES string of the molecule is CC1SCC(C(=O)O)N1C(=O)N(C)CC1(N(C)C)CCC1. The number of rotatable bonds is 4. The maximum absolute atomic E-state index is 12.7. The minimum atomic E-state index is -0.917. The number of nitrogens with zero attached hydrogens (tertiary/aromatic N) is 3. The van der Waals surface area contributed by atoms with Crippen LogP contribution in [0.3, 0.4) is 0 Å². The maximum atomic E-state index is 12.7. The van der Waals surface area contributed by atoms with Gasteiger partial charge in [-0.25, -0.2) is 9.59 Å². The third-order valence-corrected chi connectivity index (χ3v) is 6.04. The van der Waals surface area contributed by atoms with Crippen LogP contribution in [0.5, 0.6) is 0 Å². The molecule has 2 rings (SSSR count). The number of amides is 2. The van der Waals surface area contributed by atoms with E-state index in [1.165, 1.54) is 23.1 Å². The Morgan fingerprint density at radius 3 is 2.38 bits per heavy atom. The molecule has 1 saturated carbocycles. The van der Waals surface area contributed by atoms with E-state index in [9.17, 15) is 14.7 Å². The van der Waals surface area contributed by atoms with Gasteiger partial charge in [-0.2, -0.15) is 0 Å². The van der Waals surface area contributed by atoms with E-state index in [-0.39, 0.29) is 16.9 Å². The van der Waals surface area contributed by atoms with Gasteiger partial charge in [0, 0.05) is 24.9 Å². The van der Waals surface area contributed by atoms with Crippen molar-refractivity contribution in [1.29, 1.82) is 0 Å². The summed E-state index contributed by atoms with van der Waals surface area (Å²) in [5.41, 5.74) is 0.0548. The lowest BCUT2D eigenvalue weighted by atomic mass is 9.75. The third kappa shape index (κ3) is 2.99. The molecule has 0 spiro atoms. The molecule has 2 fully saturated rings. The van der Waals surface area contributed by atoms with Crippen LogP contribution in [-0.2, 0) is 4.79 Å². The second-order valence-corrected chi connectivity index (χ2v) is 7.65. The van der Waals surface area contributed by atoms with Crippen molar-refractivity contribution in [1.82, 2.24) is 14.7 Å². The Bertz CT molecular complexity index is 426. The summed E-state index contributed by atoms with van der Waals surface area (Å²) in [6.07, 6.45) is 3.36. The topological polar surface area (TPSA) is 64.1 Å². The molecule has 0 aromatic carbocycles. The van der Waals surface area contributed by atoms with Crippen molar-refractivity contribution in [2.24, 2.45) is 0 Å². The molecule has 0 aromatic heterocycles. The van der Waals surface area contributed by atoms with E-state index in [0.29, 0.717) is 12.3 Å². The average molecular weight is 315 g/mol. The van der Waals surface area contributed by atoms with Crippen LogP contribution in [0.2, 0.25) is 0 Å². The molecule has 21 heavy (non-hydrogen) atoms. The van der Waals surface area contributed by atoms with Gasteiger partial charge < -0.3 is 14.9 Å². The fraction of sp³-hybridized carbons (Fsp3) is 0.857. The fourth-order valence-corrected chi connectivity index (χ4v) is 4.32. The summed E-state index contributed by atoms with van der Waals surface area (Å²) in [4.78, 5) is 29.4. The molecule has 7 heteroatoms. The Balaban J connectivity index is 2.06. The lowest BCUT2D eigenvalue weighted by Crippen LogP contribution is -2.60. The van der Waals surface area contributed by atoms with Crippen molar-refractivity contribution < 1.29 is 14.7 Å². The van der Waals surface area contributed by atoms with Crippen molar-refractivity contribution in [2.75, 3.05) is 33.4 Å². The number of thioether (sulfide) groups is 1. The highest BCUT2D eigenvalue weighted by molar-refractivity contribution is 8.00. The first-order valence-electron chi connectivity index (χ1n) is 7.34. The van der Waals surface area contributed by atoms with Gasteiger partial charge in [0.1, 0.15) is 6.04 Å². The molecule has 2 unspecified atom stereocenters. The third-order valence-electron chi connectivity index (χ3n) is 4.82. The summed E-state index contributed by atoms with van der Waals surface area (Å²) >= 11 is 1.52. The van der Waals surface area contributed by atoms with Crippen molar-refractivity contribution >= 4 is 23.8 Å². The first-order chi connectivity index (χ1) is 9.78. The van der Waals surface area contributed by atoms with Crippen molar-refractivity contribution in [3.05, 3.63) is 0 Å². The number of urea groups is 1. The molecule has 2 aliphatic rings. The zero-order valence-electron chi connectivity index (χ0n) is 13.2. The predicted octanol–water partition coefficient (Wildman–Crippen LogP) is 1.37. The van der Waals surface area contributed by atoms with E-state index in [0.717, 1.165) is 12.8 Å². The van der Waals surface area contributed by atoms with Gasteiger partial charge >= 0.3 is 12.0 Å². The van der Waals surface area contributed by atoms with Gasteiger partial charge in [-0.1, -0.05) is 0 Å². The molecule has 6 nitrogen and oxygen atoms in total. The Kier molecular flexibility index (Phi) is 4.72. The summed E-state index contributed by atoms with van der Waals surface area (Å²) in [5, 5.41) is 9.19. The van der Waals surface area contributed by atoms with Gasteiger partial charge in [0.05, 0.1) is 5.37 Å². The van der Waals surface area contributed by atoms with E-state index >= 15 is 0 Å². The van der Waals surface area contributed by atoms with Crippen molar-refractivity contribution in [3.8, 4) is 0 Å². The quantitative estimate of drug-likeness (QED) is 0.849. The molecule has 1 N–H and O–H groups in total. The van der Waals surface area contributed by atoms with Crippen LogP contribution in [0.25, 0.3) is 0 Å². The van der Waals surface area contributed by atoms with Gasteiger partial charge in [0.2, 0.25) is 0 Å². The second-order valence-electron chi connectivity index (χ2n) is 6.30. The minimum Gasteiger partial charge on any atom is -0.480 e. The smallest absolute Gasteiger partial charge is 0.327 e. The highest BCUT2D eigenvalue weighted by atomic mass is 32.2. The lowest BCUT2D eigenvalue weighted by Gasteiger charge is -2.49. The molecule has 0 radical (unpaired) electrons. The first kappa shape index (κ1) is 16.4. The molecule has 1 heterocycles. The second kappa shape index (κ2) is 6.04. The minimum absolute atomic E-state index is 0.0548. The summed E-state index contributed by atoms with van der Waals surface area (Å²) in [6.45, 7) is 2.55. The molecule has 1 saturated heterocycles. The van der Waals surface area contributed by atoms with Crippen LogP contribution in [0.15, 0.2) is 0 Å². The fourth-order valence-electron chi connectivity index (χ4n) is 3.16.